The van der Waals surface area contributed by atoms with Crippen molar-refractivity contribution in [1.29, 1.82) is 0 Å². The number of carboxylic acid groups (broad SMARTS) is 1. The first-order valence-corrected chi connectivity index (χ1v) is 3.84. The van der Waals surface area contributed by atoms with Gasteiger partial charge in [0.15, 0.2) is 0 Å². The van der Waals surface area contributed by atoms with Crippen molar-refractivity contribution in [3.8, 4) is 0 Å². The zero-order valence-electron chi connectivity index (χ0n) is 6.79. The van der Waals surface area contributed by atoms with Crippen LogP contribution in [-0.2, 0) is 4.79 Å². The largest absolute Gasteiger partial charge is 0.478 e. The maximum absolute atomic E-state index is 10.6. The molecular weight excluding hydrogens is 170 g/mol. The summed E-state index contributed by atoms with van der Waals surface area (Å²) in [4.78, 5) is 10.6. The highest BCUT2D eigenvalue weighted by Crippen LogP contribution is 2.24. The first-order valence-electron chi connectivity index (χ1n) is 3.84. The molecule has 5 heteroatoms. The lowest BCUT2D eigenvalue weighted by molar-refractivity contribution is -0.132. The van der Waals surface area contributed by atoms with Crippen LogP contribution >= 0.6 is 0 Å². The average Bonchev–Trinajstić information content (AvgIpc) is 2.47. The normalized spacial score (nSPS) is 19.7. The minimum atomic E-state index is -0.918. The Balaban J connectivity index is 2.34. The molecule has 68 valence electrons. The summed E-state index contributed by atoms with van der Waals surface area (Å²) in [6.45, 7) is 0. The monoisotopic (exact) mass is 179 g/mol. The van der Waals surface area contributed by atoms with E-state index in [9.17, 15) is 4.79 Å². The van der Waals surface area contributed by atoms with Crippen LogP contribution in [0.15, 0.2) is 34.8 Å². The Morgan fingerprint density at radius 1 is 1.54 bits per heavy atom. The zero-order valence-corrected chi connectivity index (χ0v) is 6.79. The van der Waals surface area contributed by atoms with Crippen molar-refractivity contribution in [3.63, 3.8) is 0 Å². The van der Waals surface area contributed by atoms with Gasteiger partial charge in [0.25, 0.3) is 0 Å². The third kappa shape index (κ3) is 1.14. The van der Waals surface area contributed by atoms with Crippen LogP contribution in [0.2, 0.25) is 0 Å². The van der Waals surface area contributed by atoms with Gasteiger partial charge in [-0.2, -0.15) is 0 Å². The fraction of sp³-hybridized carbons (Fsp3) is 0.125. The van der Waals surface area contributed by atoms with Gasteiger partial charge in [-0.1, -0.05) is 6.08 Å². The van der Waals surface area contributed by atoms with Crippen LogP contribution in [0.1, 0.15) is 6.42 Å². The number of nitrogens with one attached hydrogen (secondary N) is 2. The van der Waals surface area contributed by atoms with E-state index in [0.717, 1.165) is 11.3 Å². The molecule has 0 aromatic carbocycles. The van der Waals surface area contributed by atoms with E-state index in [1.165, 1.54) is 0 Å². The molecule has 0 amide bonds. The Morgan fingerprint density at radius 3 is 3.00 bits per heavy atom. The van der Waals surface area contributed by atoms with Crippen molar-refractivity contribution in [2.45, 2.75) is 6.42 Å². The van der Waals surface area contributed by atoms with Gasteiger partial charge in [-0.05, 0) is 12.5 Å². The number of fused-ring (bicyclic) bond motifs is 1. The quantitative estimate of drug-likeness (QED) is 0.438. The molecule has 5 N–H and O–H groups in total. The van der Waals surface area contributed by atoms with Crippen LogP contribution in [0, 0.1) is 0 Å². The Labute approximate surface area is 74.6 Å². The maximum atomic E-state index is 10.6. The van der Waals surface area contributed by atoms with E-state index in [1.807, 2.05) is 0 Å². The van der Waals surface area contributed by atoms with Gasteiger partial charge in [0, 0.05) is 5.57 Å². The molecule has 0 saturated carbocycles. The van der Waals surface area contributed by atoms with Gasteiger partial charge >= 0.3 is 5.97 Å². The van der Waals surface area contributed by atoms with Gasteiger partial charge in [-0.3, -0.25) is 10.9 Å². The summed E-state index contributed by atoms with van der Waals surface area (Å²) in [5.41, 5.74) is 13.1. The summed E-state index contributed by atoms with van der Waals surface area (Å²) in [5.74, 6) is -0.356. The molecule has 0 bridgehead atoms. The molecule has 0 radical (unpaired) electrons. The number of hydrogen-bond donors (Lipinski definition) is 4. The molecule has 0 saturated heterocycles. The minimum absolute atomic E-state index is 0.294. The molecule has 0 atom stereocenters. The lowest BCUT2D eigenvalue weighted by atomic mass is 10.00. The molecular formula is C8H9N3O2. The summed E-state index contributed by atoms with van der Waals surface area (Å²) < 4.78 is 0. The average molecular weight is 179 g/mol. The summed E-state index contributed by atoms with van der Waals surface area (Å²) in [6, 6.07) is 0. The second-order valence-corrected chi connectivity index (χ2v) is 2.87. The van der Waals surface area contributed by atoms with E-state index in [2.05, 4.69) is 10.9 Å². The molecule has 0 fully saturated rings. The lowest BCUT2D eigenvalue weighted by Crippen LogP contribution is -2.26. The molecule has 13 heavy (non-hydrogen) atoms. The molecule has 0 aromatic rings. The fourth-order valence-corrected chi connectivity index (χ4v) is 1.35. The number of allylic oxidation sites excluding steroid dienone is 2. The molecule has 0 unspecified atom stereocenters. The zero-order chi connectivity index (χ0) is 9.42. The first kappa shape index (κ1) is 7.72. The Hall–Kier alpha value is -1.91. The predicted molar refractivity (Wildman–Crippen MR) is 45.9 cm³/mol. The van der Waals surface area contributed by atoms with Crippen molar-refractivity contribution >= 4 is 5.97 Å². The third-order valence-electron chi connectivity index (χ3n) is 2.05. The number of carbonyl (C=O) groups is 1. The second kappa shape index (κ2) is 2.55. The second-order valence-electron chi connectivity index (χ2n) is 2.87. The molecule has 2 aliphatic rings. The first-order chi connectivity index (χ1) is 6.18. The number of carboxylic acids is 1. The maximum Gasteiger partial charge on any atom is 0.335 e. The molecule has 5 nitrogen and oxygen atoms in total. The Kier molecular flexibility index (Phi) is 1.51. The molecule has 0 spiro atoms. The standard InChI is InChI=1S/C8H9N3O2/c9-7-5-2-1-4(8(12)13)3-6(5)10-11-7/h1,3,10-11H,2,9H2,(H,12,13). The van der Waals surface area contributed by atoms with Gasteiger partial charge in [0.05, 0.1) is 11.3 Å². The third-order valence-corrected chi connectivity index (χ3v) is 2.05. The van der Waals surface area contributed by atoms with Crippen molar-refractivity contribution in [3.05, 3.63) is 34.8 Å². The van der Waals surface area contributed by atoms with Crippen LogP contribution in [0.4, 0.5) is 0 Å². The van der Waals surface area contributed by atoms with Crippen molar-refractivity contribution in [1.82, 2.24) is 10.9 Å². The van der Waals surface area contributed by atoms with Crippen molar-refractivity contribution < 1.29 is 9.90 Å². The summed E-state index contributed by atoms with van der Waals surface area (Å²) >= 11 is 0. The molecule has 2 rings (SSSR count). The van der Waals surface area contributed by atoms with Crippen molar-refractivity contribution in [2.75, 3.05) is 0 Å². The highest BCUT2D eigenvalue weighted by molar-refractivity contribution is 5.91. The summed E-state index contributed by atoms with van der Waals surface area (Å²) in [6.07, 6.45) is 3.76. The van der Waals surface area contributed by atoms with Crippen LogP contribution in [-0.4, -0.2) is 11.1 Å². The minimum Gasteiger partial charge on any atom is -0.478 e. The number of hydrazine groups is 1. The topological polar surface area (TPSA) is 87.4 Å². The summed E-state index contributed by atoms with van der Waals surface area (Å²) in [5, 5.41) is 8.72. The molecule has 1 aliphatic heterocycles. The van der Waals surface area contributed by atoms with Gasteiger partial charge in [-0.15, -0.1) is 0 Å². The number of hydrogen-bond acceptors (Lipinski definition) is 4. The molecule has 1 aliphatic carbocycles. The highest BCUT2D eigenvalue weighted by Gasteiger charge is 2.21. The van der Waals surface area contributed by atoms with Gasteiger partial charge < -0.3 is 10.8 Å². The van der Waals surface area contributed by atoms with E-state index in [4.69, 9.17) is 10.8 Å². The molecule has 1 heterocycles. The van der Waals surface area contributed by atoms with Crippen molar-refractivity contribution in [2.24, 2.45) is 5.73 Å². The number of nitrogens with two attached hydrogens (primary N) is 1. The van der Waals surface area contributed by atoms with E-state index in [-0.39, 0.29) is 0 Å². The van der Waals surface area contributed by atoms with E-state index < -0.39 is 5.97 Å². The smallest absolute Gasteiger partial charge is 0.335 e. The number of aliphatic carboxylic acids is 1. The Bertz CT molecular complexity index is 366. The predicted octanol–water partition coefficient (Wildman–Crippen LogP) is -0.437. The van der Waals surface area contributed by atoms with Crippen LogP contribution in [0.5, 0.6) is 0 Å². The van der Waals surface area contributed by atoms with Gasteiger partial charge in [-0.25, -0.2) is 4.79 Å². The Morgan fingerprint density at radius 2 is 2.31 bits per heavy atom. The van der Waals surface area contributed by atoms with E-state index >= 15 is 0 Å². The van der Waals surface area contributed by atoms with Gasteiger partial charge in [0.1, 0.15) is 5.82 Å². The lowest BCUT2D eigenvalue weighted by Gasteiger charge is -2.08. The summed E-state index contributed by atoms with van der Waals surface area (Å²) in [7, 11) is 0. The number of rotatable bonds is 1. The highest BCUT2D eigenvalue weighted by atomic mass is 16.4. The van der Waals surface area contributed by atoms with Crippen LogP contribution < -0.4 is 16.6 Å². The fourth-order valence-electron chi connectivity index (χ4n) is 1.35. The van der Waals surface area contributed by atoms with Gasteiger partial charge in [0.2, 0.25) is 0 Å². The molecule has 0 aromatic heterocycles. The van der Waals surface area contributed by atoms with Crippen LogP contribution in [0.3, 0.4) is 0 Å². The van der Waals surface area contributed by atoms with E-state index in [0.29, 0.717) is 17.8 Å². The SMILES string of the molecule is NC1=C2CC=C(C(=O)O)C=C2NN1. The van der Waals surface area contributed by atoms with Crippen LogP contribution in [0.25, 0.3) is 0 Å². The van der Waals surface area contributed by atoms with E-state index in [1.54, 1.807) is 12.2 Å².